The van der Waals surface area contributed by atoms with Gasteiger partial charge in [-0.3, -0.25) is 19.2 Å². The summed E-state index contributed by atoms with van der Waals surface area (Å²) in [5.41, 5.74) is 0.327. The predicted octanol–water partition coefficient (Wildman–Crippen LogP) is 5.01. The van der Waals surface area contributed by atoms with Gasteiger partial charge in [-0.25, -0.2) is 9.78 Å². The molecule has 1 amide bonds. The molecule has 0 bridgehead atoms. The molecule has 0 aromatic carbocycles. The first-order valence-corrected chi connectivity index (χ1v) is 15.5. The highest BCUT2D eigenvalue weighted by Crippen LogP contribution is 2.25. The normalized spacial score (nSPS) is 20.7. The number of esters is 4. The fraction of sp³-hybridized carbons (Fsp3) is 0.688. The first kappa shape index (κ1) is 35.7. The van der Waals surface area contributed by atoms with Crippen molar-refractivity contribution in [2.45, 2.75) is 124 Å². The number of ether oxygens (including phenoxy) is 4. The van der Waals surface area contributed by atoms with Gasteiger partial charge in [0.2, 0.25) is 0 Å². The quantitative estimate of drug-likeness (QED) is 0.165. The van der Waals surface area contributed by atoms with E-state index in [1.54, 1.807) is 33.8 Å². The van der Waals surface area contributed by atoms with Crippen LogP contribution in [-0.2, 0) is 33.4 Å². The summed E-state index contributed by atoms with van der Waals surface area (Å²) in [6.07, 6.45) is 8.48. The topological polar surface area (TPSA) is 147 Å². The Kier molecular flexibility index (Phi) is 15.1. The lowest BCUT2D eigenvalue weighted by Crippen LogP contribution is -2.47. The van der Waals surface area contributed by atoms with Gasteiger partial charge >= 0.3 is 23.9 Å². The van der Waals surface area contributed by atoms with Crippen molar-refractivity contribution in [2.75, 3.05) is 6.61 Å². The van der Waals surface area contributed by atoms with Gasteiger partial charge in [0.05, 0.1) is 11.8 Å². The van der Waals surface area contributed by atoms with Crippen molar-refractivity contribution in [3.05, 3.63) is 23.5 Å². The van der Waals surface area contributed by atoms with Crippen molar-refractivity contribution in [3.8, 4) is 5.75 Å². The zero-order valence-electron chi connectivity index (χ0n) is 26.4. The third kappa shape index (κ3) is 11.3. The molecule has 0 saturated carbocycles. The van der Waals surface area contributed by atoms with Crippen molar-refractivity contribution in [1.29, 1.82) is 0 Å². The number of rotatable bonds is 15. The minimum absolute atomic E-state index is 0.00179. The third-order valence-corrected chi connectivity index (χ3v) is 7.38. The van der Waals surface area contributed by atoms with Crippen LogP contribution in [-0.4, -0.2) is 59.6 Å². The summed E-state index contributed by atoms with van der Waals surface area (Å²) in [5.74, 6) is -4.72. The average molecular weight is 605 g/mol. The summed E-state index contributed by atoms with van der Waals surface area (Å²) < 4.78 is 22.0. The van der Waals surface area contributed by atoms with Gasteiger partial charge in [0, 0.05) is 12.6 Å². The van der Waals surface area contributed by atoms with Crippen LogP contribution in [0, 0.1) is 18.8 Å². The number of nitrogens with zero attached hydrogens (tertiary/aromatic N) is 1. The van der Waals surface area contributed by atoms with E-state index in [2.05, 4.69) is 17.2 Å². The van der Waals surface area contributed by atoms with E-state index in [0.717, 1.165) is 19.3 Å². The molecule has 240 valence electrons. The van der Waals surface area contributed by atoms with E-state index in [1.165, 1.54) is 38.8 Å². The zero-order valence-corrected chi connectivity index (χ0v) is 26.4. The summed E-state index contributed by atoms with van der Waals surface area (Å²) in [7, 11) is 0. The number of unbranched alkanes of at least 4 members (excludes halogenated alkanes) is 7. The van der Waals surface area contributed by atoms with E-state index in [4.69, 9.17) is 18.9 Å². The maximum absolute atomic E-state index is 13.3. The van der Waals surface area contributed by atoms with E-state index in [0.29, 0.717) is 12.0 Å². The Morgan fingerprint density at radius 2 is 1.67 bits per heavy atom. The van der Waals surface area contributed by atoms with E-state index in [9.17, 15) is 24.0 Å². The number of aryl methyl sites for hydroxylation is 1. The number of pyridine rings is 1. The minimum atomic E-state index is -1.38. The lowest BCUT2D eigenvalue weighted by Gasteiger charge is -2.29. The molecule has 1 saturated heterocycles. The molecular formula is C32H48N2O9. The number of carbonyl (C=O) groups excluding carboxylic acids is 5. The molecule has 1 aromatic heterocycles. The van der Waals surface area contributed by atoms with Gasteiger partial charge in [0.15, 0.2) is 23.6 Å². The molecule has 0 radical (unpaired) electrons. The average Bonchev–Trinajstić information content (AvgIpc) is 3.00. The summed E-state index contributed by atoms with van der Waals surface area (Å²) >= 11 is 0. The Hall–Kier alpha value is -3.50. The van der Waals surface area contributed by atoms with Crippen LogP contribution in [0.3, 0.4) is 0 Å². The van der Waals surface area contributed by atoms with Gasteiger partial charge in [-0.2, -0.15) is 0 Å². The van der Waals surface area contributed by atoms with Crippen molar-refractivity contribution in [1.82, 2.24) is 10.3 Å². The SMILES string of the molecule is CCCCCCCCCCC(=O)Oc1c(C)ccnc1C(=O)N[C@H]1COC(=O)[C@H](CC)[C@@H](OC(=O)C(C)C)[C@H](C)OC1=O. The molecule has 1 aliphatic heterocycles. The zero-order chi connectivity index (χ0) is 31.9. The van der Waals surface area contributed by atoms with Crippen LogP contribution in [0.1, 0.15) is 115 Å². The highest BCUT2D eigenvalue weighted by molar-refractivity contribution is 5.98. The Balaban J connectivity index is 2.08. The second kappa shape index (κ2) is 18.2. The van der Waals surface area contributed by atoms with Crippen LogP contribution in [0.2, 0.25) is 0 Å². The molecule has 1 N–H and O–H groups in total. The summed E-state index contributed by atoms with van der Waals surface area (Å²) in [5, 5.41) is 2.50. The first-order valence-electron chi connectivity index (χ1n) is 15.5. The number of nitrogens with one attached hydrogen (secondary N) is 1. The molecule has 1 aliphatic rings. The molecule has 0 aliphatic carbocycles. The van der Waals surface area contributed by atoms with Crippen molar-refractivity contribution in [2.24, 2.45) is 11.8 Å². The molecule has 1 aromatic rings. The monoisotopic (exact) mass is 604 g/mol. The van der Waals surface area contributed by atoms with Crippen molar-refractivity contribution < 1.29 is 42.9 Å². The molecule has 0 unspecified atom stereocenters. The van der Waals surface area contributed by atoms with Gasteiger partial charge in [-0.15, -0.1) is 0 Å². The molecule has 0 spiro atoms. The Morgan fingerprint density at radius 3 is 2.30 bits per heavy atom. The Labute approximate surface area is 254 Å². The molecular weight excluding hydrogens is 556 g/mol. The second-order valence-electron chi connectivity index (χ2n) is 11.4. The lowest BCUT2D eigenvalue weighted by molar-refractivity contribution is -0.176. The van der Waals surface area contributed by atoms with Crippen LogP contribution in [0.15, 0.2) is 12.3 Å². The van der Waals surface area contributed by atoms with E-state index >= 15 is 0 Å². The van der Waals surface area contributed by atoms with Crippen molar-refractivity contribution >= 4 is 29.8 Å². The van der Waals surface area contributed by atoms with Gasteiger partial charge < -0.3 is 24.3 Å². The molecule has 1 fully saturated rings. The van der Waals surface area contributed by atoms with Gasteiger partial charge in [-0.1, -0.05) is 72.6 Å². The van der Waals surface area contributed by atoms with E-state index in [-0.39, 0.29) is 24.3 Å². The third-order valence-electron chi connectivity index (χ3n) is 7.38. The van der Waals surface area contributed by atoms with Gasteiger partial charge in [0.1, 0.15) is 12.7 Å². The maximum Gasteiger partial charge on any atom is 0.332 e. The fourth-order valence-corrected chi connectivity index (χ4v) is 4.71. The lowest BCUT2D eigenvalue weighted by atomic mass is 9.95. The number of cyclic esters (lactones) is 2. The molecule has 2 rings (SSSR count). The van der Waals surface area contributed by atoms with Crippen LogP contribution in [0.25, 0.3) is 0 Å². The molecule has 11 heteroatoms. The fourth-order valence-electron chi connectivity index (χ4n) is 4.71. The second-order valence-corrected chi connectivity index (χ2v) is 11.4. The predicted molar refractivity (Wildman–Crippen MR) is 158 cm³/mol. The standard InChI is InChI=1S/C32H48N2O9/c1-7-9-10-11-12-13-14-15-16-25(35)42-27-21(5)17-18-33-26(27)29(36)34-24-19-40-31(38)23(8-2)28(22(6)41-32(24)39)43-30(37)20(3)4/h17-18,20,22-24,28H,7-16,19H2,1-6H3,(H,34,36)/t22-,23+,24-,28-/m0/s1. The Morgan fingerprint density at radius 1 is 1.02 bits per heavy atom. The summed E-state index contributed by atoms with van der Waals surface area (Å²) in [4.78, 5) is 68.3. The molecule has 43 heavy (non-hydrogen) atoms. The van der Waals surface area contributed by atoms with Gasteiger partial charge in [0.25, 0.3) is 5.91 Å². The number of hydrogen-bond acceptors (Lipinski definition) is 10. The van der Waals surface area contributed by atoms with Gasteiger partial charge in [-0.05, 0) is 38.3 Å². The smallest absolute Gasteiger partial charge is 0.332 e. The maximum atomic E-state index is 13.3. The number of hydrogen-bond donors (Lipinski definition) is 1. The summed E-state index contributed by atoms with van der Waals surface area (Å²) in [6, 6.07) is 0.232. The number of carbonyl (C=O) groups is 5. The van der Waals surface area contributed by atoms with E-state index in [1.807, 2.05) is 0 Å². The minimum Gasteiger partial charge on any atom is -0.463 e. The molecule has 2 heterocycles. The van der Waals surface area contributed by atoms with Crippen LogP contribution in [0.4, 0.5) is 0 Å². The Bertz CT molecular complexity index is 1100. The highest BCUT2D eigenvalue weighted by Gasteiger charge is 2.41. The molecule has 11 nitrogen and oxygen atoms in total. The van der Waals surface area contributed by atoms with Crippen molar-refractivity contribution in [3.63, 3.8) is 0 Å². The largest absolute Gasteiger partial charge is 0.463 e. The highest BCUT2D eigenvalue weighted by atomic mass is 16.6. The number of amides is 1. The van der Waals surface area contributed by atoms with Crippen LogP contribution < -0.4 is 10.1 Å². The number of aromatic nitrogens is 1. The molecule has 4 atom stereocenters. The van der Waals surface area contributed by atoms with E-state index < -0.39 is 66.5 Å². The summed E-state index contributed by atoms with van der Waals surface area (Å²) in [6.45, 7) is 9.91. The first-order chi connectivity index (χ1) is 20.5. The van der Waals surface area contributed by atoms with Crippen LogP contribution in [0.5, 0.6) is 5.75 Å². The van der Waals surface area contributed by atoms with Crippen LogP contribution >= 0.6 is 0 Å².